The van der Waals surface area contributed by atoms with Crippen molar-refractivity contribution in [3.63, 3.8) is 0 Å². The number of aliphatic hydroxyl groups is 1. The molecule has 1 aliphatic rings. The van der Waals surface area contributed by atoms with Gasteiger partial charge in [-0.1, -0.05) is 18.2 Å². The number of hydrogen-bond donors (Lipinski definition) is 1. The van der Waals surface area contributed by atoms with Crippen molar-refractivity contribution in [3.05, 3.63) is 65.2 Å². The minimum Gasteiger partial charge on any atom is -0.393 e. The number of nitrogens with zero attached hydrogens (tertiary/aromatic N) is 2. The molecule has 1 aromatic heterocycles. The van der Waals surface area contributed by atoms with E-state index in [1.54, 1.807) is 18.3 Å². The van der Waals surface area contributed by atoms with Gasteiger partial charge in [-0.05, 0) is 35.7 Å². The lowest BCUT2D eigenvalue weighted by atomic mass is 9.92. The third-order valence-corrected chi connectivity index (χ3v) is 4.62. The summed E-state index contributed by atoms with van der Waals surface area (Å²) in [6.07, 6.45) is 4.01. The second-order valence-electron chi connectivity index (χ2n) is 6.47. The van der Waals surface area contributed by atoms with Crippen LogP contribution in [0.15, 0.2) is 42.7 Å². The lowest BCUT2D eigenvalue weighted by molar-refractivity contribution is -0.134. The summed E-state index contributed by atoms with van der Waals surface area (Å²) in [6.45, 7) is 4.57. The summed E-state index contributed by atoms with van der Waals surface area (Å²) in [5.74, 6) is -0.254. The van der Waals surface area contributed by atoms with Crippen LogP contribution in [0, 0.1) is 12.7 Å². The second kappa shape index (κ2) is 7.38. The maximum absolute atomic E-state index is 14.0. The number of pyridine rings is 1. The molecule has 2 aromatic rings. The van der Waals surface area contributed by atoms with Crippen molar-refractivity contribution in [3.8, 4) is 0 Å². The van der Waals surface area contributed by atoms with Crippen LogP contribution in [0.4, 0.5) is 4.39 Å². The number of aliphatic hydroxyl groups excluding tert-OH is 1. The highest BCUT2D eigenvalue weighted by Crippen LogP contribution is 2.25. The van der Waals surface area contributed by atoms with Crippen molar-refractivity contribution in [1.29, 1.82) is 0 Å². The van der Waals surface area contributed by atoms with Gasteiger partial charge in [0.15, 0.2) is 0 Å². The van der Waals surface area contributed by atoms with E-state index in [-0.39, 0.29) is 12.4 Å². The summed E-state index contributed by atoms with van der Waals surface area (Å²) in [6, 6.07) is 8.70. The predicted octanol–water partition coefficient (Wildman–Crippen LogP) is 2.34. The second-order valence-corrected chi connectivity index (χ2v) is 6.47. The van der Waals surface area contributed by atoms with Crippen LogP contribution >= 0.6 is 0 Å². The van der Waals surface area contributed by atoms with Crippen LogP contribution in [-0.2, 0) is 17.7 Å². The number of aromatic nitrogens is 1. The molecule has 0 unspecified atom stereocenters. The molecule has 2 heterocycles. The number of benzene rings is 1. The van der Waals surface area contributed by atoms with Gasteiger partial charge in [0.05, 0.1) is 13.2 Å². The first-order chi connectivity index (χ1) is 11.6. The van der Waals surface area contributed by atoms with Crippen molar-refractivity contribution in [2.24, 2.45) is 0 Å². The molecule has 3 rings (SSSR count). The topological polar surface area (TPSA) is 45.6 Å². The fraction of sp³-hybridized carbons (Fsp3) is 0.421. The van der Waals surface area contributed by atoms with Crippen molar-refractivity contribution in [2.45, 2.75) is 25.5 Å². The summed E-state index contributed by atoms with van der Waals surface area (Å²) in [5.41, 5.74) is 2.17. The zero-order valence-electron chi connectivity index (χ0n) is 13.9. The molecule has 1 N–H and O–H groups in total. The summed E-state index contributed by atoms with van der Waals surface area (Å²) < 4.78 is 19.9. The molecule has 1 saturated heterocycles. The molecule has 4 nitrogen and oxygen atoms in total. The first kappa shape index (κ1) is 17.0. The van der Waals surface area contributed by atoms with E-state index in [1.807, 2.05) is 25.3 Å². The van der Waals surface area contributed by atoms with Crippen molar-refractivity contribution in [1.82, 2.24) is 9.88 Å². The number of morpholine rings is 1. The summed E-state index contributed by atoms with van der Waals surface area (Å²) in [5, 5.41) is 9.95. The monoisotopic (exact) mass is 330 g/mol. The first-order valence-electron chi connectivity index (χ1n) is 8.22. The van der Waals surface area contributed by atoms with E-state index in [9.17, 15) is 9.50 Å². The van der Waals surface area contributed by atoms with Crippen molar-refractivity contribution in [2.75, 3.05) is 26.3 Å². The van der Waals surface area contributed by atoms with Gasteiger partial charge in [-0.2, -0.15) is 0 Å². The van der Waals surface area contributed by atoms with E-state index >= 15 is 0 Å². The van der Waals surface area contributed by atoms with E-state index in [0.29, 0.717) is 25.1 Å². The minimum atomic E-state index is -0.763. The Labute approximate surface area is 141 Å². The van der Waals surface area contributed by atoms with E-state index in [2.05, 4.69) is 9.88 Å². The molecular weight excluding hydrogens is 307 g/mol. The predicted molar refractivity (Wildman–Crippen MR) is 90.1 cm³/mol. The Kier molecular flexibility index (Phi) is 5.23. The summed E-state index contributed by atoms with van der Waals surface area (Å²) >= 11 is 0. The molecule has 0 amide bonds. The standard InChI is InChI=1S/C19H23FN2O2/c1-15-11-21-7-6-17(15)12-22-8-9-24-19(13-22,14-23)10-16-4-2-3-5-18(16)20/h2-7,11,23H,8-10,12-14H2,1H3/t19-/m1/s1. The quantitative estimate of drug-likeness (QED) is 0.914. The van der Waals surface area contributed by atoms with E-state index in [4.69, 9.17) is 4.74 Å². The molecule has 1 aliphatic heterocycles. The van der Waals surface area contributed by atoms with Gasteiger partial charge >= 0.3 is 0 Å². The Morgan fingerprint density at radius 2 is 2.12 bits per heavy atom. The van der Waals surface area contributed by atoms with E-state index in [0.717, 1.165) is 18.7 Å². The van der Waals surface area contributed by atoms with Crippen molar-refractivity contribution >= 4 is 0 Å². The Bertz CT molecular complexity index is 695. The zero-order chi connectivity index (χ0) is 17.0. The molecule has 24 heavy (non-hydrogen) atoms. The van der Waals surface area contributed by atoms with Gasteiger partial charge in [-0.15, -0.1) is 0 Å². The van der Waals surface area contributed by atoms with Gasteiger partial charge in [0.2, 0.25) is 0 Å². The summed E-state index contributed by atoms with van der Waals surface area (Å²) in [7, 11) is 0. The van der Waals surface area contributed by atoms with Crippen LogP contribution < -0.4 is 0 Å². The number of rotatable bonds is 5. The Morgan fingerprint density at radius 1 is 1.29 bits per heavy atom. The fourth-order valence-corrected chi connectivity index (χ4v) is 3.23. The fourth-order valence-electron chi connectivity index (χ4n) is 3.23. The molecule has 5 heteroatoms. The molecule has 0 aliphatic carbocycles. The van der Waals surface area contributed by atoms with Gasteiger partial charge in [0.1, 0.15) is 11.4 Å². The first-order valence-corrected chi connectivity index (χ1v) is 8.22. The molecule has 0 spiro atoms. The highest BCUT2D eigenvalue weighted by Gasteiger charge is 2.37. The average molecular weight is 330 g/mol. The molecule has 128 valence electrons. The largest absolute Gasteiger partial charge is 0.393 e. The number of halogens is 1. The van der Waals surface area contributed by atoms with Gasteiger partial charge in [0.25, 0.3) is 0 Å². The van der Waals surface area contributed by atoms with Crippen LogP contribution in [0.2, 0.25) is 0 Å². The third-order valence-electron chi connectivity index (χ3n) is 4.62. The molecule has 1 fully saturated rings. The Hall–Kier alpha value is -1.82. The SMILES string of the molecule is Cc1cnccc1CN1CCO[C@](CO)(Cc2ccccc2F)C1. The van der Waals surface area contributed by atoms with Crippen molar-refractivity contribution < 1.29 is 14.2 Å². The summed E-state index contributed by atoms with van der Waals surface area (Å²) in [4.78, 5) is 6.38. The Balaban J connectivity index is 1.74. The van der Waals surface area contributed by atoms with E-state index < -0.39 is 5.60 Å². The molecule has 1 atom stereocenters. The van der Waals surface area contributed by atoms with Crippen LogP contribution in [0.1, 0.15) is 16.7 Å². The molecule has 1 aromatic carbocycles. The number of ether oxygens (including phenoxy) is 1. The average Bonchev–Trinajstić information content (AvgIpc) is 2.59. The lowest BCUT2D eigenvalue weighted by Gasteiger charge is -2.42. The van der Waals surface area contributed by atoms with Gasteiger partial charge in [-0.25, -0.2) is 4.39 Å². The molecule has 0 saturated carbocycles. The van der Waals surface area contributed by atoms with Crippen LogP contribution in [-0.4, -0.2) is 46.9 Å². The normalized spacial score (nSPS) is 21.8. The van der Waals surface area contributed by atoms with Gasteiger partial charge in [0, 0.05) is 38.4 Å². The number of hydrogen-bond acceptors (Lipinski definition) is 4. The smallest absolute Gasteiger partial charge is 0.126 e. The molecule has 0 bridgehead atoms. The minimum absolute atomic E-state index is 0.132. The number of aryl methyl sites for hydroxylation is 1. The zero-order valence-corrected chi connectivity index (χ0v) is 13.9. The molecule has 0 radical (unpaired) electrons. The Morgan fingerprint density at radius 3 is 2.88 bits per heavy atom. The van der Waals surface area contributed by atoms with Crippen LogP contribution in [0.3, 0.4) is 0 Å². The van der Waals surface area contributed by atoms with E-state index in [1.165, 1.54) is 11.6 Å². The van der Waals surface area contributed by atoms with Gasteiger partial charge < -0.3 is 9.84 Å². The maximum atomic E-state index is 14.0. The highest BCUT2D eigenvalue weighted by atomic mass is 19.1. The van der Waals surface area contributed by atoms with Crippen LogP contribution in [0.25, 0.3) is 0 Å². The highest BCUT2D eigenvalue weighted by molar-refractivity contribution is 5.22. The van der Waals surface area contributed by atoms with Crippen LogP contribution in [0.5, 0.6) is 0 Å². The third kappa shape index (κ3) is 3.80. The maximum Gasteiger partial charge on any atom is 0.126 e. The van der Waals surface area contributed by atoms with Gasteiger partial charge in [-0.3, -0.25) is 9.88 Å². The molecular formula is C19H23FN2O2. The lowest BCUT2D eigenvalue weighted by Crippen LogP contribution is -2.55.